The molecular weight excluding hydrogens is 446 g/mol. The van der Waals surface area contributed by atoms with Crippen LogP contribution < -0.4 is 16.2 Å². The Morgan fingerprint density at radius 1 is 1.15 bits per heavy atom. The Morgan fingerprint density at radius 2 is 1.91 bits per heavy atom. The van der Waals surface area contributed by atoms with Crippen LogP contribution in [-0.4, -0.2) is 26.9 Å². The molecule has 1 atom stereocenters. The fourth-order valence-electron chi connectivity index (χ4n) is 4.08. The summed E-state index contributed by atoms with van der Waals surface area (Å²) in [6.45, 7) is 1.99. The lowest BCUT2D eigenvalue weighted by atomic mass is 10.0. The molecule has 3 heterocycles. The third kappa shape index (κ3) is 4.83. The summed E-state index contributed by atoms with van der Waals surface area (Å²) in [5.74, 6) is -0.251. The van der Waals surface area contributed by atoms with E-state index in [4.69, 9.17) is 0 Å². The highest BCUT2D eigenvalue weighted by Gasteiger charge is 2.48. The lowest BCUT2D eigenvalue weighted by Gasteiger charge is -2.24. The molecule has 0 unspecified atom stereocenters. The number of carbonyl (C=O) groups is 1. The maximum atomic E-state index is 13.5. The van der Waals surface area contributed by atoms with E-state index in [-0.39, 0.29) is 22.7 Å². The Hall–Kier alpha value is -3.62. The molecule has 1 aromatic carbocycles. The normalized spacial score (nSPS) is 15.0. The van der Waals surface area contributed by atoms with Crippen LogP contribution in [0.1, 0.15) is 29.1 Å². The number of aryl methyl sites for hydroxylation is 1. The molecule has 7 nitrogen and oxygen atoms in total. The third-order valence-electron chi connectivity index (χ3n) is 6.08. The van der Waals surface area contributed by atoms with Crippen molar-refractivity contribution in [2.75, 3.05) is 5.32 Å². The molecule has 172 valence electrons. The minimum atomic E-state index is -0.532. The van der Waals surface area contributed by atoms with Crippen molar-refractivity contribution in [1.29, 1.82) is 0 Å². The van der Waals surface area contributed by atoms with Crippen molar-refractivity contribution < 1.29 is 4.79 Å². The van der Waals surface area contributed by atoms with Crippen molar-refractivity contribution in [2.45, 2.75) is 37.8 Å². The van der Waals surface area contributed by atoms with Crippen LogP contribution in [0.25, 0.3) is 11.1 Å². The summed E-state index contributed by atoms with van der Waals surface area (Å²) in [5.41, 5.74) is 3.29. The number of rotatable bonds is 8. The molecule has 34 heavy (non-hydrogen) atoms. The highest BCUT2D eigenvalue weighted by molar-refractivity contribution is 7.09. The zero-order chi connectivity index (χ0) is 23.5. The van der Waals surface area contributed by atoms with E-state index < -0.39 is 6.04 Å². The van der Waals surface area contributed by atoms with Gasteiger partial charge in [-0.15, -0.1) is 11.3 Å². The van der Waals surface area contributed by atoms with Crippen LogP contribution in [0.15, 0.2) is 77.3 Å². The SMILES string of the molecule is Cc1nc(C2(N[C@@H](Cc3ccccc3)C(=O)Nc3cc(-c4ccncc4)c[nH]c3=O)CC2)cs1. The minimum Gasteiger partial charge on any atom is -0.327 e. The van der Waals surface area contributed by atoms with E-state index >= 15 is 0 Å². The Bertz CT molecular complexity index is 1350. The van der Waals surface area contributed by atoms with Crippen molar-refractivity contribution in [3.63, 3.8) is 0 Å². The quantitative estimate of drug-likeness (QED) is 0.360. The number of H-pyrrole nitrogens is 1. The molecule has 0 spiro atoms. The predicted octanol–water partition coefficient (Wildman–Crippen LogP) is 4.03. The molecule has 0 aliphatic heterocycles. The first kappa shape index (κ1) is 22.2. The van der Waals surface area contributed by atoms with Crippen molar-refractivity contribution in [2.24, 2.45) is 0 Å². The van der Waals surface area contributed by atoms with E-state index in [1.54, 1.807) is 36.0 Å². The summed E-state index contributed by atoms with van der Waals surface area (Å²) in [5, 5.41) is 9.52. The standard InChI is InChI=1S/C26H25N5O2S/c1-17-29-23(16-34-17)26(9-10-26)31-22(13-18-5-3-2-4-6-18)25(33)30-21-14-20(15-28-24(21)32)19-7-11-27-12-8-19/h2-8,11-12,14-16,22,31H,9-10,13H2,1H3,(H,28,32)(H,30,33)/t22-/m0/s1. The van der Waals surface area contributed by atoms with E-state index in [0.29, 0.717) is 6.42 Å². The van der Waals surface area contributed by atoms with Crippen LogP contribution in [0, 0.1) is 6.92 Å². The number of benzene rings is 1. The fourth-order valence-corrected chi connectivity index (χ4v) is 4.79. The van der Waals surface area contributed by atoms with E-state index in [9.17, 15) is 9.59 Å². The molecule has 0 saturated heterocycles. The summed E-state index contributed by atoms with van der Waals surface area (Å²) >= 11 is 1.61. The first-order valence-electron chi connectivity index (χ1n) is 11.2. The lowest BCUT2D eigenvalue weighted by molar-refractivity contribution is -0.118. The van der Waals surface area contributed by atoms with Gasteiger partial charge in [0.15, 0.2) is 0 Å². The Kier molecular flexibility index (Phi) is 6.08. The number of amides is 1. The predicted molar refractivity (Wildman–Crippen MR) is 134 cm³/mol. The van der Waals surface area contributed by atoms with Gasteiger partial charge < -0.3 is 10.3 Å². The van der Waals surface area contributed by atoms with Gasteiger partial charge in [0.1, 0.15) is 5.69 Å². The molecular formula is C26H25N5O2S. The van der Waals surface area contributed by atoms with Gasteiger partial charge >= 0.3 is 0 Å². The maximum absolute atomic E-state index is 13.5. The topological polar surface area (TPSA) is 99.8 Å². The molecule has 0 bridgehead atoms. The number of pyridine rings is 2. The van der Waals surface area contributed by atoms with Gasteiger partial charge in [-0.25, -0.2) is 4.98 Å². The largest absolute Gasteiger partial charge is 0.327 e. The molecule has 5 rings (SSSR count). The van der Waals surface area contributed by atoms with Gasteiger partial charge in [0.2, 0.25) is 5.91 Å². The van der Waals surface area contributed by atoms with E-state index in [1.807, 2.05) is 49.4 Å². The van der Waals surface area contributed by atoms with Crippen molar-refractivity contribution in [3.8, 4) is 11.1 Å². The molecule has 4 aromatic rings. The average Bonchev–Trinajstić information content (AvgIpc) is 3.51. The van der Waals surface area contributed by atoms with Gasteiger partial charge in [-0.2, -0.15) is 0 Å². The number of hydrogen-bond acceptors (Lipinski definition) is 6. The van der Waals surface area contributed by atoms with Gasteiger partial charge in [0.05, 0.1) is 22.3 Å². The zero-order valence-corrected chi connectivity index (χ0v) is 19.6. The molecule has 0 radical (unpaired) electrons. The number of anilines is 1. The number of hydrogen-bond donors (Lipinski definition) is 3. The van der Waals surface area contributed by atoms with Crippen molar-refractivity contribution >= 4 is 22.9 Å². The Labute approximate surface area is 201 Å². The average molecular weight is 472 g/mol. The number of carbonyl (C=O) groups excluding carboxylic acids is 1. The number of nitrogens with zero attached hydrogens (tertiary/aromatic N) is 2. The lowest BCUT2D eigenvalue weighted by Crippen LogP contribution is -2.48. The van der Waals surface area contributed by atoms with Crippen LogP contribution >= 0.6 is 11.3 Å². The summed E-state index contributed by atoms with van der Waals surface area (Å²) in [6.07, 6.45) is 7.36. The molecule has 1 fully saturated rings. The molecule has 1 aliphatic carbocycles. The molecule has 1 saturated carbocycles. The highest BCUT2D eigenvalue weighted by Crippen LogP contribution is 2.46. The summed E-state index contributed by atoms with van der Waals surface area (Å²) < 4.78 is 0. The smallest absolute Gasteiger partial charge is 0.271 e. The second kappa shape index (κ2) is 9.32. The third-order valence-corrected chi connectivity index (χ3v) is 6.86. The molecule has 1 amide bonds. The first-order chi connectivity index (χ1) is 16.5. The summed E-state index contributed by atoms with van der Waals surface area (Å²) in [4.78, 5) is 37.5. The van der Waals surface area contributed by atoms with Gasteiger partial charge in [-0.3, -0.25) is 19.9 Å². The Balaban J connectivity index is 1.41. The van der Waals surface area contributed by atoms with Crippen LogP contribution in [0.2, 0.25) is 0 Å². The van der Waals surface area contributed by atoms with Crippen LogP contribution in [-0.2, 0) is 16.8 Å². The van der Waals surface area contributed by atoms with E-state index in [0.717, 1.165) is 40.2 Å². The molecule has 1 aliphatic rings. The second-order valence-electron chi connectivity index (χ2n) is 8.58. The molecule has 3 aromatic heterocycles. The highest BCUT2D eigenvalue weighted by atomic mass is 32.1. The minimum absolute atomic E-state index is 0.216. The monoisotopic (exact) mass is 471 g/mol. The summed E-state index contributed by atoms with van der Waals surface area (Å²) in [7, 11) is 0. The number of aromatic amines is 1. The van der Waals surface area contributed by atoms with Gasteiger partial charge in [-0.1, -0.05) is 30.3 Å². The maximum Gasteiger partial charge on any atom is 0.271 e. The number of thiazole rings is 1. The molecule has 8 heteroatoms. The van der Waals surface area contributed by atoms with Crippen LogP contribution in [0.4, 0.5) is 5.69 Å². The number of aromatic nitrogens is 3. The fraction of sp³-hybridized carbons (Fsp3) is 0.231. The van der Waals surface area contributed by atoms with E-state index in [2.05, 4.69) is 31.0 Å². The molecule has 3 N–H and O–H groups in total. The van der Waals surface area contributed by atoms with Crippen LogP contribution in [0.3, 0.4) is 0 Å². The Morgan fingerprint density at radius 3 is 2.59 bits per heavy atom. The zero-order valence-electron chi connectivity index (χ0n) is 18.7. The van der Waals surface area contributed by atoms with Crippen molar-refractivity contribution in [3.05, 3.63) is 99.1 Å². The van der Waals surface area contributed by atoms with Gasteiger partial charge in [-0.05, 0) is 55.5 Å². The van der Waals surface area contributed by atoms with Crippen LogP contribution in [0.5, 0.6) is 0 Å². The number of nitrogens with one attached hydrogen (secondary N) is 3. The summed E-state index contributed by atoms with van der Waals surface area (Å²) in [6, 6.07) is 14.8. The second-order valence-corrected chi connectivity index (χ2v) is 9.64. The van der Waals surface area contributed by atoms with Crippen molar-refractivity contribution in [1.82, 2.24) is 20.3 Å². The van der Waals surface area contributed by atoms with Gasteiger partial charge in [0, 0.05) is 29.5 Å². The van der Waals surface area contributed by atoms with Gasteiger partial charge in [0.25, 0.3) is 5.56 Å². The first-order valence-corrected chi connectivity index (χ1v) is 12.1. The van der Waals surface area contributed by atoms with E-state index in [1.165, 1.54) is 0 Å².